The van der Waals surface area contributed by atoms with Crippen molar-refractivity contribution in [3.05, 3.63) is 101 Å². The van der Waals surface area contributed by atoms with Gasteiger partial charge < -0.3 is 10.1 Å². The Morgan fingerprint density at radius 1 is 0.970 bits per heavy atom. The molecule has 1 amide bonds. The average molecular weight is 443 g/mol. The number of piperidine rings is 1. The van der Waals surface area contributed by atoms with E-state index in [2.05, 4.69) is 77.8 Å². The van der Waals surface area contributed by atoms with E-state index in [1.807, 2.05) is 18.2 Å². The van der Waals surface area contributed by atoms with Gasteiger partial charge in [-0.1, -0.05) is 72.3 Å². The Morgan fingerprint density at radius 3 is 2.48 bits per heavy atom. The van der Waals surface area contributed by atoms with Crippen LogP contribution in [0, 0.1) is 12.8 Å². The summed E-state index contributed by atoms with van der Waals surface area (Å²) in [5, 5.41) is 3.20. The van der Waals surface area contributed by atoms with E-state index in [0.29, 0.717) is 12.5 Å². The van der Waals surface area contributed by atoms with E-state index in [1.165, 1.54) is 22.3 Å². The first-order chi connectivity index (χ1) is 16.1. The predicted molar refractivity (Wildman–Crippen MR) is 133 cm³/mol. The third kappa shape index (κ3) is 6.45. The summed E-state index contributed by atoms with van der Waals surface area (Å²) < 4.78 is 5.22. The minimum Gasteiger partial charge on any atom is -0.497 e. The normalized spacial score (nSPS) is 18.6. The fraction of sp³-hybridized carbons (Fsp3) is 0.345. The van der Waals surface area contributed by atoms with Gasteiger partial charge >= 0.3 is 0 Å². The van der Waals surface area contributed by atoms with E-state index in [9.17, 15) is 4.79 Å². The summed E-state index contributed by atoms with van der Waals surface area (Å²) in [6, 6.07) is 27.3. The highest BCUT2D eigenvalue weighted by atomic mass is 16.5. The summed E-state index contributed by atoms with van der Waals surface area (Å²) in [6.45, 7) is 5.44. The van der Waals surface area contributed by atoms with Gasteiger partial charge in [-0.15, -0.1) is 0 Å². The topological polar surface area (TPSA) is 41.6 Å². The van der Waals surface area contributed by atoms with Gasteiger partial charge in [0.25, 0.3) is 0 Å². The zero-order valence-corrected chi connectivity index (χ0v) is 19.7. The first-order valence-corrected chi connectivity index (χ1v) is 11.8. The van der Waals surface area contributed by atoms with E-state index >= 15 is 0 Å². The molecule has 1 fully saturated rings. The molecular weight excluding hydrogens is 408 g/mol. The van der Waals surface area contributed by atoms with Crippen LogP contribution in [0.25, 0.3) is 0 Å². The van der Waals surface area contributed by atoms with Crippen LogP contribution in [0.4, 0.5) is 0 Å². The molecule has 33 heavy (non-hydrogen) atoms. The lowest BCUT2D eigenvalue weighted by Gasteiger charge is -2.37. The average Bonchev–Trinajstić information content (AvgIpc) is 2.85. The van der Waals surface area contributed by atoms with Gasteiger partial charge in [-0.05, 0) is 54.5 Å². The molecule has 1 N–H and O–H groups in total. The van der Waals surface area contributed by atoms with E-state index in [4.69, 9.17) is 4.74 Å². The summed E-state index contributed by atoms with van der Waals surface area (Å²) in [7, 11) is 1.67. The van der Waals surface area contributed by atoms with Crippen molar-refractivity contribution in [1.82, 2.24) is 10.2 Å². The number of rotatable bonds is 8. The number of amides is 1. The van der Waals surface area contributed by atoms with Gasteiger partial charge in [0.15, 0.2) is 0 Å². The first kappa shape index (κ1) is 23.1. The lowest BCUT2D eigenvalue weighted by molar-refractivity contribution is -0.127. The maximum atomic E-state index is 13.2. The summed E-state index contributed by atoms with van der Waals surface area (Å²) in [6.07, 6.45) is 1.71. The minimum absolute atomic E-state index is 0.0103. The van der Waals surface area contributed by atoms with Crippen molar-refractivity contribution in [2.45, 2.75) is 32.2 Å². The van der Waals surface area contributed by atoms with E-state index < -0.39 is 0 Å². The molecule has 0 radical (unpaired) electrons. The van der Waals surface area contributed by atoms with Crippen LogP contribution in [-0.4, -0.2) is 37.6 Å². The summed E-state index contributed by atoms with van der Waals surface area (Å²) in [5.41, 5.74) is 5.10. The molecule has 0 aliphatic carbocycles. The quantitative estimate of drug-likeness (QED) is 0.536. The van der Waals surface area contributed by atoms with Gasteiger partial charge in [0.1, 0.15) is 5.75 Å². The van der Waals surface area contributed by atoms with Crippen molar-refractivity contribution in [1.29, 1.82) is 0 Å². The molecule has 3 aromatic rings. The second-order valence-electron chi connectivity index (χ2n) is 9.11. The number of nitrogens with one attached hydrogen (secondary N) is 1. The fourth-order valence-electron chi connectivity index (χ4n) is 4.78. The van der Waals surface area contributed by atoms with Crippen LogP contribution in [0.2, 0.25) is 0 Å². The Labute approximate surface area is 197 Å². The number of likely N-dealkylation sites (tertiary alicyclic amines) is 1. The molecule has 172 valence electrons. The number of benzene rings is 3. The maximum absolute atomic E-state index is 13.2. The van der Waals surface area contributed by atoms with E-state index in [-0.39, 0.29) is 11.8 Å². The third-order valence-corrected chi connectivity index (χ3v) is 6.53. The highest BCUT2D eigenvalue weighted by Crippen LogP contribution is 2.31. The van der Waals surface area contributed by atoms with Crippen molar-refractivity contribution >= 4 is 5.91 Å². The molecular formula is C29H34N2O2. The zero-order valence-electron chi connectivity index (χ0n) is 19.7. The predicted octanol–water partition coefficient (Wildman–Crippen LogP) is 4.97. The van der Waals surface area contributed by atoms with Gasteiger partial charge in [-0.3, -0.25) is 9.69 Å². The maximum Gasteiger partial charge on any atom is 0.224 e. The Morgan fingerprint density at radius 2 is 1.76 bits per heavy atom. The Kier molecular flexibility index (Phi) is 7.79. The molecule has 0 aromatic heterocycles. The molecule has 2 atom stereocenters. The Hall–Kier alpha value is -3.11. The third-order valence-electron chi connectivity index (χ3n) is 6.53. The second kappa shape index (κ2) is 11.2. The van der Waals surface area contributed by atoms with Crippen molar-refractivity contribution in [2.75, 3.05) is 26.7 Å². The number of carbonyl (C=O) groups excluding carboxylic acids is 1. The molecule has 1 heterocycles. The van der Waals surface area contributed by atoms with Gasteiger partial charge in [-0.25, -0.2) is 0 Å². The standard InChI is InChI=1S/C29H34N2O2/c1-22-7-6-10-25(17-22)26-18-27(21-31(20-26)19-24-8-4-3-5-9-24)29(32)30-16-15-23-11-13-28(33-2)14-12-23/h3-14,17,26-27H,15-16,18-21H2,1-2H3,(H,30,32)/t26-,27-/m1/s1. The fourth-order valence-corrected chi connectivity index (χ4v) is 4.78. The van der Waals surface area contributed by atoms with Crippen LogP contribution in [0.15, 0.2) is 78.9 Å². The van der Waals surface area contributed by atoms with Crippen LogP contribution in [0.3, 0.4) is 0 Å². The zero-order chi connectivity index (χ0) is 23.0. The molecule has 4 heteroatoms. The molecule has 1 saturated heterocycles. The number of carbonyl (C=O) groups is 1. The lowest BCUT2D eigenvalue weighted by atomic mass is 9.83. The van der Waals surface area contributed by atoms with E-state index in [1.54, 1.807) is 7.11 Å². The highest BCUT2D eigenvalue weighted by molar-refractivity contribution is 5.79. The minimum atomic E-state index is -0.0103. The first-order valence-electron chi connectivity index (χ1n) is 11.8. The van der Waals surface area contributed by atoms with Crippen LogP contribution >= 0.6 is 0 Å². The number of methoxy groups -OCH3 is 1. The van der Waals surface area contributed by atoms with Gasteiger partial charge in [0.05, 0.1) is 13.0 Å². The molecule has 1 aliphatic heterocycles. The molecule has 0 unspecified atom stereocenters. The van der Waals surface area contributed by atoms with Crippen molar-refractivity contribution in [2.24, 2.45) is 5.92 Å². The number of hydrogen-bond donors (Lipinski definition) is 1. The SMILES string of the molecule is COc1ccc(CCNC(=O)[C@@H]2C[C@@H](c3cccc(C)c3)CN(Cc3ccccc3)C2)cc1. The molecule has 4 nitrogen and oxygen atoms in total. The molecule has 4 rings (SSSR count). The smallest absolute Gasteiger partial charge is 0.224 e. The van der Waals surface area contributed by atoms with E-state index in [0.717, 1.165) is 38.2 Å². The molecule has 1 aliphatic rings. The van der Waals surface area contributed by atoms with Crippen LogP contribution in [0.1, 0.15) is 34.6 Å². The van der Waals surface area contributed by atoms with Gasteiger partial charge in [0, 0.05) is 26.2 Å². The highest BCUT2D eigenvalue weighted by Gasteiger charge is 2.32. The molecule has 0 bridgehead atoms. The molecule has 0 spiro atoms. The van der Waals surface area contributed by atoms with Gasteiger partial charge in [0.2, 0.25) is 5.91 Å². The second-order valence-corrected chi connectivity index (χ2v) is 9.11. The number of hydrogen-bond acceptors (Lipinski definition) is 3. The van der Waals surface area contributed by atoms with Crippen molar-refractivity contribution < 1.29 is 9.53 Å². The number of nitrogens with zero attached hydrogens (tertiary/aromatic N) is 1. The van der Waals surface area contributed by atoms with Crippen LogP contribution < -0.4 is 10.1 Å². The summed E-state index contributed by atoms with van der Waals surface area (Å²) in [5.74, 6) is 1.37. The Balaban J connectivity index is 1.41. The number of ether oxygens (including phenoxy) is 1. The van der Waals surface area contributed by atoms with Gasteiger partial charge in [-0.2, -0.15) is 0 Å². The number of aryl methyl sites for hydroxylation is 1. The summed E-state index contributed by atoms with van der Waals surface area (Å²) in [4.78, 5) is 15.6. The Bertz CT molecular complexity index is 1030. The van der Waals surface area contributed by atoms with Crippen LogP contribution in [0.5, 0.6) is 5.75 Å². The monoisotopic (exact) mass is 442 g/mol. The largest absolute Gasteiger partial charge is 0.497 e. The molecule has 0 saturated carbocycles. The lowest BCUT2D eigenvalue weighted by Crippen LogP contribution is -2.45. The van der Waals surface area contributed by atoms with Crippen LogP contribution in [-0.2, 0) is 17.8 Å². The van der Waals surface area contributed by atoms with Crippen molar-refractivity contribution in [3.63, 3.8) is 0 Å². The van der Waals surface area contributed by atoms with Crippen molar-refractivity contribution in [3.8, 4) is 5.75 Å². The summed E-state index contributed by atoms with van der Waals surface area (Å²) >= 11 is 0. The molecule has 3 aromatic carbocycles.